The van der Waals surface area contributed by atoms with Gasteiger partial charge in [0.05, 0.1) is 0 Å². The van der Waals surface area contributed by atoms with Crippen LogP contribution in [0.25, 0.3) is 0 Å². The summed E-state index contributed by atoms with van der Waals surface area (Å²) in [5, 5.41) is 6.52. The van der Waals surface area contributed by atoms with Gasteiger partial charge in [0.1, 0.15) is 5.82 Å². The predicted molar refractivity (Wildman–Crippen MR) is 80.7 cm³/mol. The van der Waals surface area contributed by atoms with Crippen LogP contribution in [0.1, 0.15) is 6.42 Å². The lowest BCUT2D eigenvalue weighted by atomic mass is 10.4. The molecule has 1 heterocycles. The number of hydrogen-bond donors (Lipinski definition) is 2. The summed E-state index contributed by atoms with van der Waals surface area (Å²) in [4.78, 5) is 12.9. The van der Waals surface area contributed by atoms with Crippen molar-refractivity contribution in [3.63, 3.8) is 0 Å². The molecule has 0 saturated carbocycles. The molecule has 0 atom stereocenters. The first kappa shape index (κ1) is 15.7. The second-order valence-corrected chi connectivity index (χ2v) is 5.08. The standard InChI is InChI=1S/C13H26N6/c1-18(2)10-5-7-15-13-16-8-6-12(17-13)14-9-11-19(3)4/h6,8H,5,7,9-11H2,1-4H3,(H2,14,15,16,17). The molecule has 0 saturated heterocycles. The van der Waals surface area contributed by atoms with Crippen molar-refractivity contribution in [3.8, 4) is 0 Å². The van der Waals surface area contributed by atoms with Crippen LogP contribution in [0.4, 0.5) is 11.8 Å². The minimum absolute atomic E-state index is 0.689. The van der Waals surface area contributed by atoms with Crippen molar-refractivity contribution in [2.45, 2.75) is 6.42 Å². The van der Waals surface area contributed by atoms with E-state index in [9.17, 15) is 0 Å². The Morgan fingerprint density at radius 1 is 1.00 bits per heavy atom. The lowest BCUT2D eigenvalue weighted by Crippen LogP contribution is -2.21. The maximum absolute atomic E-state index is 4.42. The zero-order chi connectivity index (χ0) is 14.1. The van der Waals surface area contributed by atoms with E-state index >= 15 is 0 Å². The molecule has 108 valence electrons. The molecule has 6 nitrogen and oxygen atoms in total. The summed E-state index contributed by atoms with van der Waals surface area (Å²) in [7, 11) is 8.26. The maximum Gasteiger partial charge on any atom is 0.224 e. The average molecular weight is 266 g/mol. The highest BCUT2D eigenvalue weighted by Gasteiger charge is 1.99. The summed E-state index contributed by atoms with van der Waals surface area (Å²) >= 11 is 0. The molecule has 19 heavy (non-hydrogen) atoms. The van der Waals surface area contributed by atoms with Gasteiger partial charge in [0.15, 0.2) is 0 Å². The summed E-state index contributed by atoms with van der Waals surface area (Å²) in [6.07, 6.45) is 2.86. The van der Waals surface area contributed by atoms with Crippen molar-refractivity contribution in [1.82, 2.24) is 19.8 Å². The normalized spacial score (nSPS) is 11.1. The van der Waals surface area contributed by atoms with Crippen molar-refractivity contribution < 1.29 is 0 Å². The van der Waals surface area contributed by atoms with Crippen LogP contribution >= 0.6 is 0 Å². The summed E-state index contributed by atoms with van der Waals surface area (Å²) in [5.74, 6) is 1.56. The molecule has 1 aromatic heterocycles. The monoisotopic (exact) mass is 266 g/mol. The van der Waals surface area contributed by atoms with Gasteiger partial charge in [-0.15, -0.1) is 0 Å². The number of nitrogens with zero attached hydrogens (tertiary/aromatic N) is 4. The molecule has 0 aliphatic heterocycles. The van der Waals surface area contributed by atoms with E-state index in [-0.39, 0.29) is 0 Å². The average Bonchev–Trinajstić information content (AvgIpc) is 2.34. The molecule has 1 rings (SSSR count). The predicted octanol–water partition coefficient (Wildman–Crippen LogP) is 0.814. The molecule has 0 bridgehead atoms. The van der Waals surface area contributed by atoms with Crippen molar-refractivity contribution in [1.29, 1.82) is 0 Å². The Balaban J connectivity index is 2.31. The molecule has 2 N–H and O–H groups in total. The quantitative estimate of drug-likeness (QED) is 0.645. The molecule has 0 radical (unpaired) electrons. The summed E-state index contributed by atoms with van der Waals surface area (Å²) < 4.78 is 0. The largest absolute Gasteiger partial charge is 0.369 e. The lowest BCUT2D eigenvalue weighted by molar-refractivity contribution is 0.405. The van der Waals surface area contributed by atoms with E-state index < -0.39 is 0 Å². The van der Waals surface area contributed by atoms with Crippen LogP contribution in [0.3, 0.4) is 0 Å². The zero-order valence-electron chi connectivity index (χ0n) is 12.5. The minimum Gasteiger partial charge on any atom is -0.369 e. The van der Waals surface area contributed by atoms with E-state index in [2.05, 4.69) is 58.6 Å². The first-order chi connectivity index (χ1) is 9.08. The van der Waals surface area contributed by atoms with E-state index in [4.69, 9.17) is 0 Å². The Kier molecular flexibility index (Phi) is 7.14. The Morgan fingerprint density at radius 2 is 1.74 bits per heavy atom. The SMILES string of the molecule is CN(C)CCCNc1nccc(NCCN(C)C)n1. The summed E-state index contributed by atoms with van der Waals surface area (Å²) in [6.45, 7) is 3.81. The van der Waals surface area contributed by atoms with Gasteiger partial charge in [0, 0.05) is 25.8 Å². The van der Waals surface area contributed by atoms with Crippen LogP contribution in [-0.4, -0.2) is 74.1 Å². The fraction of sp³-hybridized carbons (Fsp3) is 0.692. The Labute approximate surface area is 116 Å². The maximum atomic E-state index is 4.42. The van der Waals surface area contributed by atoms with Crippen molar-refractivity contribution in [3.05, 3.63) is 12.3 Å². The number of rotatable bonds is 9. The fourth-order valence-corrected chi connectivity index (χ4v) is 1.55. The third kappa shape index (κ3) is 7.58. The van der Waals surface area contributed by atoms with Gasteiger partial charge in [0.2, 0.25) is 5.95 Å². The molecule has 0 aliphatic carbocycles. The van der Waals surface area contributed by atoms with Crippen LogP contribution in [0.5, 0.6) is 0 Å². The number of anilines is 2. The molecule has 0 aliphatic rings. The van der Waals surface area contributed by atoms with Crippen LogP contribution in [0.2, 0.25) is 0 Å². The second kappa shape index (κ2) is 8.66. The second-order valence-electron chi connectivity index (χ2n) is 5.08. The van der Waals surface area contributed by atoms with Crippen LogP contribution in [0.15, 0.2) is 12.3 Å². The van der Waals surface area contributed by atoms with Crippen molar-refractivity contribution in [2.24, 2.45) is 0 Å². The van der Waals surface area contributed by atoms with E-state index in [0.717, 1.165) is 38.4 Å². The first-order valence-corrected chi connectivity index (χ1v) is 6.68. The van der Waals surface area contributed by atoms with Gasteiger partial charge in [-0.05, 0) is 47.2 Å². The fourth-order valence-electron chi connectivity index (χ4n) is 1.55. The van der Waals surface area contributed by atoms with Crippen LogP contribution in [0, 0.1) is 0 Å². The van der Waals surface area contributed by atoms with E-state index in [1.165, 1.54) is 0 Å². The smallest absolute Gasteiger partial charge is 0.224 e. The highest BCUT2D eigenvalue weighted by molar-refractivity contribution is 5.39. The summed E-state index contributed by atoms with van der Waals surface area (Å²) in [5.41, 5.74) is 0. The lowest BCUT2D eigenvalue weighted by Gasteiger charge is -2.12. The van der Waals surface area contributed by atoms with Gasteiger partial charge in [-0.2, -0.15) is 4.98 Å². The molecule has 0 aromatic carbocycles. The Hall–Kier alpha value is -1.40. The van der Waals surface area contributed by atoms with E-state index in [0.29, 0.717) is 5.95 Å². The number of aromatic nitrogens is 2. The number of hydrogen-bond acceptors (Lipinski definition) is 6. The van der Waals surface area contributed by atoms with Crippen LogP contribution < -0.4 is 10.6 Å². The van der Waals surface area contributed by atoms with Crippen LogP contribution in [-0.2, 0) is 0 Å². The third-order valence-corrected chi connectivity index (χ3v) is 2.59. The Morgan fingerprint density at radius 3 is 2.42 bits per heavy atom. The van der Waals surface area contributed by atoms with E-state index in [1.807, 2.05) is 6.07 Å². The molecule has 0 fully saturated rings. The number of likely N-dealkylation sites (N-methyl/N-ethyl adjacent to an activating group) is 1. The molecular formula is C13H26N6. The summed E-state index contributed by atoms with van der Waals surface area (Å²) in [6, 6.07) is 1.89. The topological polar surface area (TPSA) is 56.3 Å². The Bertz CT molecular complexity index is 353. The van der Waals surface area contributed by atoms with Gasteiger partial charge in [0.25, 0.3) is 0 Å². The van der Waals surface area contributed by atoms with Crippen molar-refractivity contribution >= 4 is 11.8 Å². The van der Waals surface area contributed by atoms with Gasteiger partial charge in [-0.3, -0.25) is 0 Å². The molecular weight excluding hydrogens is 240 g/mol. The highest BCUT2D eigenvalue weighted by Crippen LogP contribution is 2.05. The first-order valence-electron chi connectivity index (χ1n) is 6.68. The molecule has 6 heteroatoms. The molecule has 1 aromatic rings. The van der Waals surface area contributed by atoms with Crippen molar-refractivity contribution in [2.75, 3.05) is 65.0 Å². The van der Waals surface area contributed by atoms with Gasteiger partial charge < -0.3 is 20.4 Å². The van der Waals surface area contributed by atoms with Gasteiger partial charge in [-0.25, -0.2) is 4.98 Å². The molecule has 0 amide bonds. The minimum atomic E-state index is 0.689. The van der Waals surface area contributed by atoms with Gasteiger partial charge in [-0.1, -0.05) is 0 Å². The zero-order valence-corrected chi connectivity index (χ0v) is 12.5. The molecule has 0 unspecified atom stereocenters. The van der Waals surface area contributed by atoms with Gasteiger partial charge >= 0.3 is 0 Å². The number of nitrogens with one attached hydrogen (secondary N) is 2. The van der Waals surface area contributed by atoms with E-state index in [1.54, 1.807) is 6.20 Å². The molecule has 0 spiro atoms. The third-order valence-electron chi connectivity index (χ3n) is 2.59. The highest BCUT2D eigenvalue weighted by atomic mass is 15.2.